The molecular weight excluding hydrogens is 399 g/mol. The molecule has 0 rings (SSSR count). The highest BCUT2D eigenvalue weighted by atomic mass is 31.2. The van der Waals surface area contributed by atoms with Crippen molar-refractivity contribution in [2.75, 3.05) is 33.0 Å². The van der Waals surface area contributed by atoms with Gasteiger partial charge in [-0.15, -0.1) is 0 Å². The van der Waals surface area contributed by atoms with E-state index >= 15 is 0 Å². The standard InChI is InChI=1S/C20H35O8P/c1-4-7-8-9-10-11-16-26-29(23,27-17-12-14-24-19(21)5-2)28-18-13-15-25-20(22)6-3/h5-6H,2-4,7-18H2,1H3. The van der Waals surface area contributed by atoms with Crippen molar-refractivity contribution < 1.29 is 37.2 Å². The van der Waals surface area contributed by atoms with E-state index in [0.717, 1.165) is 31.4 Å². The lowest BCUT2D eigenvalue weighted by Crippen LogP contribution is -2.09. The Hall–Kier alpha value is -1.47. The van der Waals surface area contributed by atoms with Crippen LogP contribution in [-0.4, -0.2) is 45.0 Å². The van der Waals surface area contributed by atoms with Crippen LogP contribution >= 0.6 is 7.82 Å². The number of esters is 2. The Morgan fingerprint density at radius 3 is 1.55 bits per heavy atom. The van der Waals surface area contributed by atoms with E-state index in [4.69, 9.17) is 23.0 Å². The third-order valence-corrected chi connectivity index (χ3v) is 5.14. The quantitative estimate of drug-likeness (QED) is 0.117. The number of phosphoric ester groups is 1. The van der Waals surface area contributed by atoms with Gasteiger partial charge in [0.1, 0.15) is 0 Å². The number of carbonyl (C=O) groups excluding carboxylic acids is 2. The van der Waals surface area contributed by atoms with Crippen molar-refractivity contribution in [1.82, 2.24) is 0 Å². The van der Waals surface area contributed by atoms with Crippen LogP contribution in [0.3, 0.4) is 0 Å². The Morgan fingerprint density at radius 1 is 0.690 bits per heavy atom. The van der Waals surface area contributed by atoms with Crippen molar-refractivity contribution in [2.45, 2.75) is 58.3 Å². The maximum Gasteiger partial charge on any atom is 0.474 e. The van der Waals surface area contributed by atoms with Crippen molar-refractivity contribution >= 4 is 19.8 Å². The number of hydrogen-bond donors (Lipinski definition) is 0. The molecule has 168 valence electrons. The molecule has 0 aliphatic rings. The maximum absolute atomic E-state index is 12.7. The molecule has 0 aromatic rings. The van der Waals surface area contributed by atoms with Gasteiger partial charge >= 0.3 is 19.8 Å². The first-order chi connectivity index (χ1) is 14.0. The third-order valence-electron chi connectivity index (χ3n) is 3.65. The SMILES string of the molecule is C=CC(=O)OCCCOP(=O)(OCCCCCCCC)OCCCOC(=O)C=C. The van der Waals surface area contributed by atoms with Gasteiger partial charge in [-0.25, -0.2) is 14.2 Å². The van der Waals surface area contributed by atoms with Crippen LogP contribution < -0.4 is 0 Å². The van der Waals surface area contributed by atoms with Crippen LogP contribution in [0.1, 0.15) is 58.3 Å². The molecule has 0 heterocycles. The number of ether oxygens (including phenoxy) is 2. The van der Waals surface area contributed by atoms with Crippen molar-refractivity contribution in [1.29, 1.82) is 0 Å². The molecule has 0 aliphatic carbocycles. The Kier molecular flexibility index (Phi) is 17.6. The van der Waals surface area contributed by atoms with Gasteiger partial charge in [-0.1, -0.05) is 52.2 Å². The Morgan fingerprint density at radius 2 is 1.10 bits per heavy atom. The molecule has 0 saturated carbocycles. The molecule has 0 unspecified atom stereocenters. The van der Waals surface area contributed by atoms with E-state index in [1.54, 1.807) is 0 Å². The summed E-state index contributed by atoms with van der Waals surface area (Å²) in [6, 6.07) is 0. The molecule has 0 bridgehead atoms. The first-order valence-electron chi connectivity index (χ1n) is 10.1. The van der Waals surface area contributed by atoms with Crippen molar-refractivity contribution in [2.24, 2.45) is 0 Å². The molecule has 0 saturated heterocycles. The predicted octanol–water partition coefficient (Wildman–Crippen LogP) is 4.74. The largest absolute Gasteiger partial charge is 0.474 e. The second-order valence-electron chi connectivity index (χ2n) is 6.17. The summed E-state index contributed by atoms with van der Waals surface area (Å²) in [5, 5.41) is 0. The molecular formula is C20H35O8P. The van der Waals surface area contributed by atoms with E-state index in [-0.39, 0.29) is 33.0 Å². The number of rotatable bonds is 20. The van der Waals surface area contributed by atoms with Crippen LogP contribution in [-0.2, 0) is 37.2 Å². The minimum Gasteiger partial charge on any atom is -0.462 e. The summed E-state index contributed by atoms with van der Waals surface area (Å²) in [6.07, 6.45) is 9.21. The van der Waals surface area contributed by atoms with Crippen LogP contribution in [0.4, 0.5) is 0 Å². The van der Waals surface area contributed by atoms with Crippen LogP contribution in [0.25, 0.3) is 0 Å². The molecule has 0 aromatic heterocycles. The second-order valence-corrected chi connectivity index (χ2v) is 7.83. The van der Waals surface area contributed by atoms with Crippen LogP contribution in [0, 0.1) is 0 Å². The lowest BCUT2D eigenvalue weighted by atomic mass is 10.1. The molecule has 8 nitrogen and oxygen atoms in total. The third kappa shape index (κ3) is 17.1. The monoisotopic (exact) mass is 434 g/mol. The normalized spacial score (nSPS) is 11.1. The first kappa shape index (κ1) is 27.5. The van der Waals surface area contributed by atoms with Crippen molar-refractivity contribution in [3.8, 4) is 0 Å². The van der Waals surface area contributed by atoms with Gasteiger partial charge in [0.15, 0.2) is 0 Å². The molecule has 0 atom stereocenters. The highest BCUT2D eigenvalue weighted by molar-refractivity contribution is 7.48. The number of phosphoric acid groups is 1. The van der Waals surface area contributed by atoms with Gasteiger partial charge in [0, 0.05) is 25.0 Å². The molecule has 0 N–H and O–H groups in total. The topological polar surface area (TPSA) is 97.4 Å². The highest BCUT2D eigenvalue weighted by Crippen LogP contribution is 2.49. The predicted molar refractivity (Wildman–Crippen MR) is 110 cm³/mol. The summed E-state index contributed by atoms with van der Waals surface area (Å²) >= 11 is 0. The van der Waals surface area contributed by atoms with Crippen LogP contribution in [0.5, 0.6) is 0 Å². The molecule has 0 aromatic carbocycles. The average Bonchev–Trinajstić information content (AvgIpc) is 2.72. The minimum atomic E-state index is -3.74. The van der Waals surface area contributed by atoms with E-state index < -0.39 is 19.8 Å². The first-order valence-corrected chi connectivity index (χ1v) is 11.6. The zero-order valence-corrected chi connectivity index (χ0v) is 18.4. The summed E-state index contributed by atoms with van der Waals surface area (Å²) in [4.78, 5) is 22.0. The molecule has 0 spiro atoms. The Labute approximate surface area is 174 Å². The van der Waals surface area contributed by atoms with Gasteiger partial charge in [-0.3, -0.25) is 13.6 Å². The summed E-state index contributed by atoms with van der Waals surface area (Å²) in [5.74, 6) is -1.06. The van der Waals surface area contributed by atoms with Crippen LogP contribution in [0.2, 0.25) is 0 Å². The molecule has 0 radical (unpaired) electrons. The lowest BCUT2D eigenvalue weighted by molar-refractivity contribution is -0.138. The second kappa shape index (κ2) is 18.6. The van der Waals surface area contributed by atoms with Crippen LogP contribution in [0.15, 0.2) is 25.3 Å². The zero-order valence-electron chi connectivity index (χ0n) is 17.5. The summed E-state index contributed by atoms with van der Waals surface area (Å²) in [5.41, 5.74) is 0. The molecule has 0 amide bonds. The minimum absolute atomic E-state index is 0.0453. The molecule has 9 heteroatoms. The van der Waals surface area contributed by atoms with Gasteiger partial charge in [0.25, 0.3) is 0 Å². The fourth-order valence-corrected chi connectivity index (χ4v) is 3.39. The van der Waals surface area contributed by atoms with E-state index in [9.17, 15) is 14.2 Å². The molecule has 0 aliphatic heterocycles. The average molecular weight is 434 g/mol. The van der Waals surface area contributed by atoms with Crippen molar-refractivity contribution in [3.05, 3.63) is 25.3 Å². The highest BCUT2D eigenvalue weighted by Gasteiger charge is 2.26. The Balaban J connectivity index is 4.24. The molecule has 0 fully saturated rings. The van der Waals surface area contributed by atoms with Gasteiger partial charge in [0.05, 0.1) is 33.0 Å². The van der Waals surface area contributed by atoms with E-state index in [0.29, 0.717) is 12.8 Å². The number of unbranched alkanes of at least 4 members (excludes halogenated alkanes) is 5. The fourth-order valence-electron chi connectivity index (χ4n) is 2.10. The van der Waals surface area contributed by atoms with E-state index in [1.165, 1.54) is 19.3 Å². The summed E-state index contributed by atoms with van der Waals surface area (Å²) in [6.45, 7) is 9.34. The summed E-state index contributed by atoms with van der Waals surface area (Å²) < 4.78 is 38.4. The zero-order chi connectivity index (χ0) is 21.8. The Bertz CT molecular complexity index is 487. The van der Waals surface area contributed by atoms with E-state index in [1.807, 2.05) is 0 Å². The van der Waals surface area contributed by atoms with E-state index in [2.05, 4.69) is 20.1 Å². The fraction of sp³-hybridized carbons (Fsp3) is 0.700. The van der Waals surface area contributed by atoms with Gasteiger partial charge < -0.3 is 9.47 Å². The summed E-state index contributed by atoms with van der Waals surface area (Å²) in [7, 11) is -3.74. The van der Waals surface area contributed by atoms with Crippen molar-refractivity contribution in [3.63, 3.8) is 0 Å². The van der Waals surface area contributed by atoms with Gasteiger partial charge in [-0.05, 0) is 6.42 Å². The van der Waals surface area contributed by atoms with Gasteiger partial charge in [-0.2, -0.15) is 0 Å². The van der Waals surface area contributed by atoms with Gasteiger partial charge in [0.2, 0.25) is 0 Å². The number of hydrogen-bond acceptors (Lipinski definition) is 8. The lowest BCUT2D eigenvalue weighted by Gasteiger charge is -2.18. The smallest absolute Gasteiger partial charge is 0.462 e. The number of carbonyl (C=O) groups is 2. The molecule has 29 heavy (non-hydrogen) atoms. The maximum atomic E-state index is 12.7.